The van der Waals surface area contributed by atoms with Crippen molar-refractivity contribution >= 4 is 46.6 Å². The maximum atomic E-state index is 13.2. The lowest BCUT2D eigenvalue weighted by atomic mass is 9.89. The molecular formula is C20H16BrN2O7P. The first-order chi connectivity index (χ1) is 14.8. The maximum Gasteiger partial charge on any atom is 0.341 e. The minimum absolute atomic E-state index is 0.0282. The molecule has 3 aromatic rings. The minimum Gasteiger partial charge on any atom is -0.461 e. The van der Waals surface area contributed by atoms with Crippen molar-refractivity contribution in [2.75, 3.05) is 27.0 Å². The van der Waals surface area contributed by atoms with Gasteiger partial charge in [0.2, 0.25) is 5.78 Å². The number of ketones is 2. The summed E-state index contributed by atoms with van der Waals surface area (Å²) in [5.74, 6) is -1.79. The zero-order valence-corrected chi connectivity index (χ0v) is 18.9. The number of nitrogens with zero attached hydrogens (tertiary/aromatic N) is 2. The second kappa shape index (κ2) is 8.12. The molecule has 0 saturated heterocycles. The van der Waals surface area contributed by atoms with Gasteiger partial charge in [-0.3, -0.25) is 19.1 Å². The summed E-state index contributed by atoms with van der Waals surface area (Å²) in [4.78, 5) is 43.5. The third-order valence-electron chi connectivity index (χ3n) is 4.96. The molecule has 3 heterocycles. The van der Waals surface area contributed by atoms with Gasteiger partial charge in [0, 0.05) is 31.1 Å². The number of pyridine rings is 2. The summed E-state index contributed by atoms with van der Waals surface area (Å²) in [5.41, 5.74) is 0.427. The fourth-order valence-corrected chi connectivity index (χ4v) is 4.64. The van der Waals surface area contributed by atoms with Crippen molar-refractivity contribution < 1.29 is 32.7 Å². The molecular weight excluding hydrogens is 491 g/mol. The highest BCUT2D eigenvalue weighted by molar-refractivity contribution is 9.10. The van der Waals surface area contributed by atoms with Gasteiger partial charge in [0.25, 0.3) is 0 Å². The Balaban J connectivity index is 1.82. The number of esters is 1. The zero-order valence-electron chi connectivity index (χ0n) is 16.5. The van der Waals surface area contributed by atoms with Gasteiger partial charge in [-0.15, -0.1) is 0 Å². The summed E-state index contributed by atoms with van der Waals surface area (Å²) in [5, 5.41) is 0. The summed E-state index contributed by atoms with van der Waals surface area (Å²) in [6.45, 7) is -0.263. The van der Waals surface area contributed by atoms with Gasteiger partial charge in [-0.05, 0) is 40.2 Å². The normalized spacial score (nSPS) is 13.3. The molecule has 0 N–H and O–H groups in total. The van der Waals surface area contributed by atoms with E-state index in [1.807, 2.05) is 0 Å². The molecule has 11 heteroatoms. The van der Waals surface area contributed by atoms with E-state index in [9.17, 15) is 18.9 Å². The van der Waals surface area contributed by atoms with Crippen LogP contribution < -0.4 is 0 Å². The summed E-state index contributed by atoms with van der Waals surface area (Å²) in [7, 11) is -0.908. The Kier molecular flexibility index (Phi) is 5.65. The highest BCUT2D eigenvalue weighted by Crippen LogP contribution is 2.45. The van der Waals surface area contributed by atoms with Gasteiger partial charge in [-0.25, -0.2) is 4.79 Å². The fraction of sp³-hybridized carbons (Fsp3) is 0.200. The van der Waals surface area contributed by atoms with Crippen LogP contribution in [-0.4, -0.2) is 53.9 Å². The van der Waals surface area contributed by atoms with Gasteiger partial charge in [-0.1, -0.05) is 0 Å². The lowest BCUT2D eigenvalue weighted by Gasteiger charge is -2.15. The molecule has 0 saturated carbocycles. The quantitative estimate of drug-likeness (QED) is 0.288. The Morgan fingerprint density at radius 1 is 1.16 bits per heavy atom. The minimum atomic E-state index is -3.38. The van der Waals surface area contributed by atoms with E-state index in [1.54, 1.807) is 24.4 Å². The molecule has 1 aliphatic carbocycles. The molecule has 4 rings (SSSR count). The number of aromatic nitrogens is 2. The van der Waals surface area contributed by atoms with Gasteiger partial charge >= 0.3 is 13.6 Å². The topological polar surface area (TPSA) is 113 Å². The Bertz CT molecular complexity index is 1290. The molecule has 0 atom stereocenters. The third-order valence-corrected chi connectivity index (χ3v) is 7.28. The Morgan fingerprint density at radius 3 is 2.61 bits per heavy atom. The standard InChI is InChI=1S/C20H16BrN2O7P/c1-28-31(27,29-2)9-8-30-20(26)14-13-6-5-11(21)10-23(13)17-15(14)18(24)12-4-3-7-22-16(12)19(17)25/h3-7,10H,8-9H2,1-2H3. The molecule has 0 bridgehead atoms. The first-order valence-electron chi connectivity index (χ1n) is 9.07. The van der Waals surface area contributed by atoms with E-state index < -0.39 is 25.1 Å². The van der Waals surface area contributed by atoms with E-state index >= 15 is 0 Å². The molecule has 0 aliphatic heterocycles. The van der Waals surface area contributed by atoms with Crippen LogP contribution in [0.2, 0.25) is 0 Å². The zero-order chi connectivity index (χ0) is 22.3. The van der Waals surface area contributed by atoms with E-state index in [1.165, 1.54) is 30.9 Å². The molecule has 0 aromatic carbocycles. The number of rotatable bonds is 6. The van der Waals surface area contributed by atoms with Crippen molar-refractivity contribution in [2.45, 2.75) is 0 Å². The highest BCUT2D eigenvalue weighted by Gasteiger charge is 2.39. The van der Waals surface area contributed by atoms with Gasteiger partial charge in [0.1, 0.15) is 18.0 Å². The Labute approximate surface area is 185 Å². The highest BCUT2D eigenvalue weighted by atomic mass is 79.9. The van der Waals surface area contributed by atoms with Crippen LogP contribution in [0.3, 0.4) is 0 Å². The van der Waals surface area contributed by atoms with Crippen molar-refractivity contribution in [3.63, 3.8) is 0 Å². The smallest absolute Gasteiger partial charge is 0.341 e. The molecule has 0 spiro atoms. The van der Waals surface area contributed by atoms with Crippen LogP contribution in [-0.2, 0) is 18.3 Å². The fourth-order valence-electron chi connectivity index (χ4n) is 3.48. The van der Waals surface area contributed by atoms with E-state index in [2.05, 4.69) is 20.9 Å². The van der Waals surface area contributed by atoms with Crippen molar-refractivity contribution in [1.82, 2.24) is 9.38 Å². The van der Waals surface area contributed by atoms with Crippen molar-refractivity contribution in [3.05, 3.63) is 69.2 Å². The number of hydrogen-bond donors (Lipinski definition) is 0. The van der Waals surface area contributed by atoms with Crippen LogP contribution in [0.5, 0.6) is 0 Å². The predicted molar refractivity (Wildman–Crippen MR) is 113 cm³/mol. The molecule has 0 fully saturated rings. The van der Waals surface area contributed by atoms with Crippen LogP contribution in [0.4, 0.5) is 0 Å². The number of carbonyl (C=O) groups is 3. The van der Waals surface area contributed by atoms with E-state index in [-0.39, 0.29) is 40.8 Å². The summed E-state index contributed by atoms with van der Waals surface area (Å²) in [6, 6.07) is 6.33. The van der Waals surface area contributed by atoms with Crippen LogP contribution in [0.25, 0.3) is 5.52 Å². The van der Waals surface area contributed by atoms with E-state index in [4.69, 9.17) is 13.8 Å². The number of hydrogen-bond acceptors (Lipinski definition) is 8. The number of halogens is 1. The van der Waals surface area contributed by atoms with Gasteiger partial charge < -0.3 is 18.2 Å². The van der Waals surface area contributed by atoms with E-state index in [0.717, 1.165) is 0 Å². The van der Waals surface area contributed by atoms with Crippen molar-refractivity contribution in [1.29, 1.82) is 0 Å². The van der Waals surface area contributed by atoms with Gasteiger partial charge in [0.05, 0.1) is 28.4 Å². The molecule has 9 nitrogen and oxygen atoms in total. The monoisotopic (exact) mass is 506 g/mol. The van der Waals surface area contributed by atoms with Crippen LogP contribution >= 0.6 is 23.5 Å². The Hall–Kier alpha value is -2.65. The number of fused-ring (bicyclic) bond motifs is 4. The molecule has 0 radical (unpaired) electrons. The molecule has 31 heavy (non-hydrogen) atoms. The molecule has 0 unspecified atom stereocenters. The molecule has 0 amide bonds. The second-order valence-electron chi connectivity index (χ2n) is 6.59. The lowest BCUT2D eigenvalue weighted by Crippen LogP contribution is -2.24. The summed E-state index contributed by atoms with van der Waals surface area (Å²) in [6.07, 6.45) is 2.86. The second-order valence-corrected chi connectivity index (χ2v) is 9.91. The van der Waals surface area contributed by atoms with Crippen LogP contribution in [0, 0.1) is 0 Å². The van der Waals surface area contributed by atoms with Crippen LogP contribution in [0.15, 0.2) is 41.1 Å². The summed E-state index contributed by atoms with van der Waals surface area (Å²) >= 11 is 3.35. The molecule has 1 aliphatic rings. The molecule has 3 aromatic heterocycles. The van der Waals surface area contributed by atoms with Gasteiger partial charge in [0.15, 0.2) is 5.78 Å². The first kappa shape index (κ1) is 21.6. The maximum absolute atomic E-state index is 13.2. The first-order valence-corrected chi connectivity index (χ1v) is 11.6. The van der Waals surface area contributed by atoms with E-state index in [0.29, 0.717) is 9.99 Å². The average molecular weight is 507 g/mol. The number of carbonyl (C=O) groups excluding carboxylic acids is 3. The van der Waals surface area contributed by atoms with Crippen molar-refractivity contribution in [2.24, 2.45) is 0 Å². The average Bonchev–Trinajstić information content (AvgIpc) is 3.12. The lowest BCUT2D eigenvalue weighted by molar-refractivity contribution is 0.0523. The molecule has 160 valence electrons. The SMILES string of the molecule is COP(=O)(CCOC(=O)c1c2c(n3cc(Br)ccc13)C(=O)c1ncccc1C2=O)OC. The summed E-state index contributed by atoms with van der Waals surface area (Å²) < 4.78 is 29.3. The number of ether oxygens (including phenoxy) is 1. The predicted octanol–water partition coefficient (Wildman–Crippen LogP) is 3.51. The Morgan fingerprint density at radius 2 is 1.90 bits per heavy atom. The van der Waals surface area contributed by atoms with Gasteiger partial charge in [-0.2, -0.15) is 0 Å². The van der Waals surface area contributed by atoms with Crippen LogP contribution in [0.1, 0.15) is 42.5 Å². The third kappa shape index (κ3) is 3.55. The van der Waals surface area contributed by atoms with Crippen molar-refractivity contribution in [3.8, 4) is 0 Å². The largest absolute Gasteiger partial charge is 0.461 e.